The summed E-state index contributed by atoms with van der Waals surface area (Å²) in [5.41, 5.74) is 2.11. The van der Waals surface area contributed by atoms with E-state index in [-0.39, 0.29) is 77.1 Å². The van der Waals surface area contributed by atoms with E-state index in [2.05, 4.69) is 21.3 Å². The van der Waals surface area contributed by atoms with Crippen LogP contribution < -0.4 is 45.8 Å². The van der Waals surface area contributed by atoms with E-state index in [1.54, 1.807) is 54.6 Å². The summed E-state index contributed by atoms with van der Waals surface area (Å²) in [5.74, 6) is -6.25. The van der Waals surface area contributed by atoms with Gasteiger partial charge in [0.05, 0.1) is 47.9 Å². The number of carbonyl (C=O) groups is 12. The number of rotatable bonds is 19. The number of ketones is 2. The van der Waals surface area contributed by atoms with Crippen LogP contribution in [0, 0.1) is 0 Å². The molecule has 2 aliphatic heterocycles. The Hall–Kier alpha value is -9.16. The zero-order valence-electron chi connectivity index (χ0n) is 41.8. The number of aromatic hydroxyl groups is 1. The molecule has 0 saturated carbocycles. The molecule has 400 valence electrons. The number of hydrogen-bond donors (Lipinski definition) is 7. The summed E-state index contributed by atoms with van der Waals surface area (Å²) in [6, 6.07) is 19.7. The molecule has 6 rings (SSSR count). The maximum Gasteiger partial charge on any atom is 0.252 e. The van der Waals surface area contributed by atoms with Crippen LogP contribution in [0.15, 0.2) is 97.1 Å². The minimum atomic E-state index is -1.32. The number of hydrogen-bond acceptors (Lipinski definition) is 16. The molecular weight excluding hydrogens is 991 g/mol. The van der Waals surface area contributed by atoms with Gasteiger partial charge in [-0.3, -0.25) is 57.7 Å². The van der Waals surface area contributed by atoms with Gasteiger partial charge in [-0.25, -0.2) is 0 Å². The quantitative estimate of drug-likeness (QED) is 0.0578. The summed E-state index contributed by atoms with van der Waals surface area (Å²) in [6.45, 7) is -0.922. The van der Waals surface area contributed by atoms with Gasteiger partial charge in [-0.15, -0.1) is 0 Å². The Bertz CT molecular complexity index is 2860. The molecule has 0 aromatic heterocycles. The minimum absolute atomic E-state index is 0.0622. The first-order valence-corrected chi connectivity index (χ1v) is 23.5. The van der Waals surface area contributed by atoms with Gasteiger partial charge in [-0.2, -0.15) is 0 Å². The fourth-order valence-electron chi connectivity index (χ4n) is 8.04. The van der Waals surface area contributed by atoms with Crippen LogP contribution in [0.5, 0.6) is 5.75 Å². The highest BCUT2D eigenvalue weighted by atomic mass is 16.3. The third-order valence-corrected chi connectivity index (χ3v) is 11.7. The summed E-state index contributed by atoms with van der Waals surface area (Å²) in [5, 5.41) is 38.6. The number of aldehydes is 2. The number of aliphatic hydroxyl groups excluding tert-OH is 2. The Morgan fingerprint density at radius 2 is 0.934 bits per heavy atom. The molecule has 2 heterocycles. The normalized spacial score (nSPS) is 15.6. The van der Waals surface area contributed by atoms with Crippen molar-refractivity contribution < 1.29 is 72.9 Å². The van der Waals surface area contributed by atoms with Gasteiger partial charge in [0, 0.05) is 43.8 Å². The van der Waals surface area contributed by atoms with Crippen molar-refractivity contribution in [1.29, 1.82) is 0 Å². The zero-order chi connectivity index (χ0) is 55.8. The number of carbonyl (C=O) groups excluding carboxylic acids is 12. The molecule has 0 radical (unpaired) electrons. The van der Waals surface area contributed by atoms with Gasteiger partial charge in [-0.1, -0.05) is 24.3 Å². The molecule has 8 amide bonds. The van der Waals surface area contributed by atoms with E-state index in [0.29, 0.717) is 12.6 Å². The van der Waals surface area contributed by atoms with E-state index in [4.69, 9.17) is 0 Å². The molecular formula is C52H57N9O15. The third kappa shape index (κ3) is 15.0. The largest absolute Gasteiger partial charge is 0.508 e. The molecule has 0 bridgehead atoms. The Balaban J connectivity index is 0.000000281. The second-order valence-corrected chi connectivity index (χ2v) is 17.6. The Labute approximate surface area is 435 Å². The van der Waals surface area contributed by atoms with Crippen LogP contribution in [0.25, 0.3) is 0 Å². The lowest BCUT2D eigenvalue weighted by molar-refractivity contribution is -0.127. The van der Waals surface area contributed by atoms with Gasteiger partial charge in [-0.05, 0) is 86.6 Å². The predicted molar refractivity (Wildman–Crippen MR) is 274 cm³/mol. The number of aliphatic hydroxyl groups is 2. The first-order chi connectivity index (χ1) is 36.2. The first-order valence-electron chi connectivity index (χ1n) is 23.5. The number of para-hydroxylation sites is 4. The van der Waals surface area contributed by atoms with E-state index in [9.17, 15) is 72.9 Å². The average Bonchev–Trinajstić information content (AvgIpc) is 3.58. The van der Waals surface area contributed by atoms with Gasteiger partial charge in [0.1, 0.15) is 68.3 Å². The maximum absolute atomic E-state index is 13.7. The maximum atomic E-state index is 13.7. The van der Waals surface area contributed by atoms with E-state index < -0.39 is 97.7 Å². The van der Waals surface area contributed by atoms with Crippen molar-refractivity contribution in [2.24, 2.45) is 0 Å². The fourth-order valence-corrected chi connectivity index (χ4v) is 8.04. The van der Waals surface area contributed by atoms with Gasteiger partial charge < -0.3 is 60.9 Å². The number of Topliss-reactive ketones (excluding diaryl/α,β-unsaturated/α-hetero) is 2. The molecule has 0 spiro atoms. The van der Waals surface area contributed by atoms with Gasteiger partial charge in [0.25, 0.3) is 35.4 Å². The number of fused-ring (bicyclic) bond motifs is 2. The topological polar surface area (TPSA) is 330 Å². The molecule has 4 atom stereocenters. The monoisotopic (exact) mass is 1050 g/mol. The zero-order valence-corrected chi connectivity index (χ0v) is 41.8. The smallest absolute Gasteiger partial charge is 0.252 e. The number of phenols is 1. The van der Waals surface area contributed by atoms with Crippen LogP contribution >= 0.6 is 0 Å². The van der Waals surface area contributed by atoms with Crippen molar-refractivity contribution in [2.75, 3.05) is 78.0 Å². The molecule has 24 heteroatoms. The molecule has 0 fully saturated rings. The molecule has 0 saturated heterocycles. The molecule has 4 aromatic rings. The highest BCUT2D eigenvalue weighted by molar-refractivity contribution is 6.13. The van der Waals surface area contributed by atoms with Gasteiger partial charge in [0.15, 0.2) is 0 Å². The molecule has 76 heavy (non-hydrogen) atoms. The lowest BCUT2D eigenvalue weighted by atomic mass is 10.1. The molecule has 0 unspecified atom stereocenters. The number of benzene rings is 4. The van der Waals surface area contributed by atoms with Crippen LogP contribution in [0.3, 0.4) is 0 Å². The van der Waals surface area contributed by atoms with Crippen molar-refractivity contribution >= 4 is 99.8 Å². The average molecular weight is 1050 g/mol. The van der Waals surface area contributed by atoms with Crippen molar-refractivity contribution in [2.45, 2.75) is 50.9 Å². The lowest BCUT2D eigenvalue weighted by Crippen LogP contribution is -2.55. The Morgan fingerprint density at radius 1 is 0.579 bits per heavy atom. The van der Waals surface area contributed by atoms with Crippen LogP contribution in [-0.2, 0) is 47.9 Å². The third-order valence-electron chi connectivity index (χ3n) is 11.7. The lowest BCUT2D eigenvalue weighted by Gasteiger charge is -2.25. The summed E-state index contributed by atoms with van der Waals surface area (Å²) in [6.07, 6.45) is 0.428. The van der Waals surface area contributed by atoms with E-state index in [1.165, 1.54) is 61.2 Å². The minimum Gasteiger partial charge on any atom is -0.508 e. The van der Waals surface area contributed by atoms with Gasteiger partial charge in [0.2, 0.25) is 11.8 Å². The second-order valence-electron chi connectivity index (χ2n) is 17.6. The second kappa shape index (κ2) is 26.7. The van der Waals surface area contributed by atoms with E-state index in [0.717, 1.165) is 20.4 Å². The molecule has 7 N–H and O–H groups in total. The molecule has 4 aromatic carbocycles. The van der Waals surface area contributed by atoms with Crippen LogP contribution in [0.1, 0.15) is 47.4 Å². The van der Waals surface area contributed by atoms with Gasteiger partial charge >= 0.3 is 0 Å². The summed E-state index contributed by atoms with van der Waals surface area (Å²) < 4.78 is 0. The highest BCUT2D eigenvalue weighted by Crippen LogP contribution is 2.34. The van der Waals surface area contributed by atoms with E-state index in [1.807, 2.05) is 19.0 Å². The number of nitrogens with zero attached hydrogens (tertiary/aromatic N) is 5. The van der Waals surface area contributed by atoms with Crippen molar-refractivity contribution in [1.82, 2.24) is 21.3 Å². The Kier molecular flexibility index (Phi) is 20.3. The first kappa shape index (κ1) is 57.7. The molecule has 0 aliphatic carbocycles. The van der Waals surface area contributed by atoms with Crippen molar-refractivity contribution in [3.05, 3.63) is 108 Å². The van der Waals surface area contributed by atoms with E-state index >= 15 is 0 Å². The number of phenolic OH excluding ortho intramolecular Hbond substituents is 1. The SMILES string of the molecule is CC(=O)C[C@@H](C=O)NC(=O)CN1C(=O)[C@@H](NC(=O)c2ccc(N(C)C)cc2)CN(C(=O)CO)c2ccccc21.CC(=O)C[C@@H](C=O)NC(=O)CN1C(=O)[C@@H](NC(=O)c2ccc(O)cc2)CN(C(=O)CO)c2ccccc21. The number of nitrogens with one attached hydrogen (secondary N) is 4. The number of anilines is 5. The van der Waals surface area contributed by atoms with Crippen LogP contribution in [0.2, 0.25) is 0 Å². The standard InChI is InChI=1S/C27H31N5O7.C25H26N4O8/c1-17(35)12-19(15-33)28-24(36)14-32-23-7-5-4-6-22(23)31(25(37)16-34)13-21(27(32)39)29-26(38)18-8-10-20(11-9-18)30(2)3;1-15(32)10-17(13-30)26-22(34)12-29-21-5-3-2-4-20(21)28(23(35)14-31)11-19(25(29)37)27-24(36)16-6-8-18(33)9-7-16/h4-11,15,19,21,34H,12-14,16H2,1-3H3,(H,28,36)(H,29,38);2-9,13,17,19,31,33H,10-12,14H2,1H3,(H,26,34)(H,27,36)/t19-,21-;17-,19-/m00/s1. The van der Waals surface area contributed by atoms with Crippen LogP contribution in [-0.4, -0.2) is 164 Å². The predicted octanol–water partition coefficient (Wildman–Crippen LogP) is -0.589. The van der Waals surface area contributed by atoms with Crippen LogP contribution in [0.4, 0.5) is 28.4 Å². The summed E-state index contributed by atoms with van der Waals surface area (Å²) >= 11 is 0. The van der Waals surface area contributed by atoms with Crippen molar-refractivity contribution in [3.63, 3.8) is 0 Å². The highest BCUT2D eigenvalue weighted by Gasteiger charge is 2.39. The molecule has 24 nitrogen and oxygen atoms in total. The van der Waals surface area contributed by atoms with Crippen molar-refractivity contribution in [3.8, 4) is 5.75 Å². The Morgan fingerprint density at radius 3 is 1.26 bits per heavy atom. The number of amides is 8. The summed E-state index contributed by atoms with van der Waals surface area (Å²) in [7, 11) is 3.71. The fraction of sp³-hybridized carbons (Fsp3) is 0.308. The molecule has 2 aliphatic rings. The summed E-state index contributed by atoms with van der Waals surface area (Å²) in [4.78, 5) is 156.